The van der Waals surface area contributed by atoms with Crippen molar-refractivity contribution in [3.8, 4) is 5.75 Å². The second kappa shape index (κ2) is 11.6. The number of sulfonamides is 1. The molecule has 0 bridgehead atoms. The van der Waals surface area contributed by atoms with Crippen molar-refractivity contribution in [1.29, 1.82) is 0 Å². The van der Waals surface area contributed by atoms with Crippen LogP contribution in [0.5, 0.6) is 5.75 Å². The first-order valence-corrected chi connectivity index (χ1v) is 13.8. The number of halogens is 2. The largest absolute Gasteiger partial charge is 0.483 e. The van der Waals surface area contributed by atoms with Crippen LogP contribution >= 0.6 is 23.2 Å². The molecule has 1 saturated heterocycles. The minimum Gasteiger partial charge on any atom is -0.483 e. The summed E-state index contributed by atoms with van der Waals surface area (Å²) in [5, 5.41) is 1.07. The highest BCUT2D eigenvalue weighted by Crippen LogP contribution is 2.25. The first kappa shape index (κ1) is 27.3. The maximum atomic E-state index is 13.0. The maximum absolute atomic E-state index is 13.0. The molecule has 0 saturated carbocycles. The van der Waals surface area contributed by atoms with Gasteiger partial charge in [-0.1, -0.05) is 35.3 Å². The molecular formula is C24H29Cl2N3O5S. The summed E-state index contributed by atoms with van der Waals surface area (Å²) in [5.41, 5.74) is 1.55. The quantitative estimate of drug-likeness (QED) is 0.551. The number of nitrogens with one attached hydrogen (secondary N) is 1. The Morgan fingerprint density at radius 3 is 2.34 bits per heavy atom. The lowest BCUT2D eigenvalue weighted by atomic mass is 10.1. The van der Waals surface area contributed by atoms with Gasteiger partial charge in [-0.05, 0) is 49.7 Å². The predicted octanol–water partition coefficient (Wildman–Crippen LogP) is 3.11. The first-order valence-electron chi connectivity index (χ1n) is 11.1. The van der Waals surface area contributed by atoms with E-state index in [0.29, 0.717) is 34.4 Å². The smallest absolute Gasteiger partial charge is 0.260 e. The van der Waals surface area contributed by atoms with Gasteiger partial charge in [0, 0.05) is 47.3 Å². The minimum absolute atomic E-state index is 0.0140. The number of carbonyl (C=O) groups excluding carboxylic acids is 2. The zero-order chi connectivity index (χ0) is 25.8. The molecule has 1 N–H and O–H groups in total. The zero-order valence-corrected chi connectivity index (χ0v) is 22.2. The number of rotatable bonds is 8. The van der Waals surface area contributed by atoms with Gasteiger partial charge in [0.2, 0.25) is 15.9 Å². The Hall–Kier alpha value is -2.33. The molecule has 8 nitrogen and oxygen atoms in total. The molecule has 0 radical (unpaired) electrons. The third kappa shape index (κ3) is 8.10. The van der Waals surface area contributed by atoms with Crippen LogP contribution in [0.3, 0.4) is 0 Å². The van der Waals surface area contributed by atoms with Crippen molar-refractivity contribution in [3.05, 3.63) is 63.6 Å². The van der Waals surface area contributed by atoms with Crippen molar-refractivity contribution < 1.29 is 22.7 Å². The van der Waals surface area contributed by atoms with E-state index in [2.05, 4.69) is 11.8 Å². The molecule has 1 heterocycles. The van der Waals surface area contributed by atoms with E-state index in [1.54, 1.807) is 17.0 Å². The van der Waals surface area contributed by atoms with E-state index in [0.717, 1.165) is 18.4 Å². The van der Waals surface area contributed by atoms with Crippen LogP contribution in [0.25, 0.3) is 0 Å². The Balaban J connectivity index is 1.60. The average Bonchev–Trinajstić information content (AvgIpc) is 2.75. The zero-order valence-electron chi connectivity index (χ0n) is 19.8. The number of nitrogens with zero attached hydrogens (tertiary/aromatic N) is 2. The van der Waals surface area contributed by atoms with Crippen molar-refractivity contribution in [2.24, 2.45) is 0 Å². The fourth-order valence-corrected chi connectivity index (χ4v) is 4.86. The van der Waals surface area contributed by atoms with Crippen LogP contribution in [0.15, 0.2) is 42.5 Å². The molecule has 0 aromatic heterocycles. The van der Waals surface area contributed by atoms with Crippen molar-refractivity contribution in [1.82, 2.24) is 14.5 Å². The fraction of sp³-hybridized carbons (Fsp3) is 0.417. The summed E-state index contributed by atoms with van der Waals surface area (Å²) < 4.78 is 30.3. The third-order valence-corrected chi connectivity index (χ3v) is 6.84. The standard InChI is InChI=1S/C24H29Cl2N3O5S/c1-16-13-29(17(2)12-28(16)14-18-4-6-20(25)7-5-18)24(31)15-34-22-9-8-21(26)10-19(22)11-23(30)27-35(3,32)33/h4-10,16-17H,11-15H2,1-3H3,(H,27,30)/t16-,17+/m0/s1. The molecule has 2 amide bonds. The van der Waals surface area contributed by atoms with E-state index in [4.69, 9.17) is 27.9 Å². The highest BCUT2D eigenvalue weighted by molar-refractivity contribution is 7.89. The van der Waals surface area contributed by atoms with Crippen LogP contribution in [0.1, 0.15) is 25.0 Å². The van der Waals surface area contributed by atoms with Gasteiger partial charge >= 0.3 is 0 Å². The van der Waals surface area contributed by atoms with E-state index in [-0.39, 0.29) is 31.0 Å². The van der Waals surface area contributed by atoms with Crippen molar-refractivity contribution >= 4 is 45.0 Å². The maximum Gasteiger partial charge on any atom is 0.260 e. The van der Waals surface area contributed by atoms with Crippen LogP contribution in [-0.4, -0.2) is 68.1 Å². The summed E-state index contributed by atoms with van der Waals surface area (Å²) in [7, 11) is -3.69. The second-order valence-electron chi connectivity index (χ2n) is 8.81. The van der Waals surface area contributed by atoms with Crippen LogP contribution in [-0.2, 0) is 32.6 Å². The Labute approximate surface area is 216 Å². The van der Waals surface area contributed by atoms with Gasteiger partial charge in [0.05, 0.1) is 12.7 Å². The van der Waals surface area contributed by atoms with Gasteiger partial charge in [-0.15, -0.1) is 0 Å². The molecule has 0 unspecified atom stereocenters. The summed E-state index contributed by atoms with van der Waals surface area (Å²) in [6.07, 6.45) is 0.643. The summed E-state index contributed by atoms with van der Waals surface area (Å²) in [4.78, 5) is 29.2. The molecule has 1 fully saturated rings. The van der Waals surface area contributed by atoms with Crippen molar-refractivity contribution in [2.45, 2.75) is 38.9 Å². The number of hydrogen-bond donors (Lipinski definition) is 1. The molecular weight excluding hydrogens is 513 g/mol. The molecule has 35 heavy (non-hydrogen) atoms. The number of amides is 2. The normalized spacial score (nSPS) is 18.8. The van der Waals surface area contributed by atoms with E-state index in [9.17, 15) is 18.0 Å². The summed E-state index contributed by atoms with van der Waals surface area (Å²) >= 11 is 12.0. The van der Waals surface area contributed by atoms with E-state index < -0.39 is 15.9 Å². The summed E-state index contributed by atoms with van der Waals surface area (Å²) in [5.74, 6) is -0.587. The van der Waals surface area contributed by atoms with Crippen LogP contribution in [0, 0.1) is 0 Å². The summed E-state index contributed by atoms with van der Waals surface area (Å²) in [6, 6.07) is 12.6. The number of benzene rings is 2. The molecule has 1 aliphatic rings. The molecule has 2 aromatic rings. The lowest BCUT2D eigenvalue weighted by Gasteiger charge is -2.44. The SMILES string of the molecule is C[C@@H]1CN(Cc2ccc(Cl)cc2)[C@@H](C)CN1C(=O)COc1ccc(Cl)cc1CC(=O)NS(C)(=O)=O. The summed E-state index contributed by atoms with van der Waals surface area (Å²) in [6.45, 7) is 5.92. The molecule has 11 heteroatoms. The topological polar surface area (TPSA) is 96.0 Å². The number of ether oxygens (including phenoxy) is 1. The highest BCUT2D eigenvalue weighted by atomic mass is 35.5. The van der Waals surface area contributed by atoms with E-state index >= 15 is 0 Å². The second-order valence-corrected chi connectivity index (χ2v) is 11.4. The Morgan fingerprint density at radius 1 is 1.03 bits per heavy atom. The Bertz CT molecular complexity index is 1170. The predicted molar refractivity (Wildman–Crippen MR) is 136 cm³/mol. The molecule has 2 aromatic carbocycles. The lowest BCUT2D eigenvalue weighted by Crippen LogP contribution is -2.58. The Morgan fingerprint density at radius 2 is 1.69 bits per heavy atom. The molecule has 0 spiro atoms. The van der Waals surface area contributed by atoms with Crippen molar-refractivity contribution in [3.63, 3.8) is 0 Å². The average molecular weight is 542 g/mol. The minimum atomic E-state index is -3.69. The van der Waals surface area contributed by atoms with Crippen LogP contribution in [0.4, 0.5) is 0 Å². The Kier molecular flexibility index (Phi) is 9.04. The molecule has 3 rings (SSSR count). The van der Waals surface area contributed by atoms with Crippen LogP contribution < -0.4 is 9.46 Å². The van der Waals surface area contributed by atoms with Gasteiger partial charge < -0.3 is 9.64 Å². The van der Waals surface area contributed by atoms with E-state index in [1.165, 1.54) is 6.07 Å². The van der Waals surface area contributed by atoms with Crippen LogP contribution in [0.2, 0.25) is 10.0 Å². The molecule has 1 aliphatic heterocycles. The van der Waals surface area contributed by atoms with Gasteiger partial charge in [0.1, 0.15) is 5.75 Å². The van der Waals surface area contributed by atoms with Gasteiger partial charge in [-0.2, -0.15) is 0 Å². The van der Waals surface area contributed by atoms with Gasteiger partial charge in [0.25, 0.3) is 5.91 Å². The molecule has 0 aliphatic carbocycles. The monoisotopic (exact) mass is 541 g/mol. The van der Waals surface area contributed by atoms with Crippen molar-refractivity contribution in [2.75, 3.05) is 26.0 Å². The number of carbonyl (C=O) groups is 2. The number of piperazine rings is 1. The molecule has 2 atom stereocenters. The van der Waals surface area contributed by atoms with E-state index in [1.807, 2.05) is 35.9 Å². The lowest BCUT2D eigenvalue weighted by molar-refractivity contribution is -0.139. The first-order chi connectivity index (χ1) is 16.4. The number of hydrogen-bond acceptors (Lipinski definition) is 6. The molecule has 190 valence electrons. The third-order valence-electron chi connectivity index (χ3n) is 5.76. The highest BCUT2D eigenvalue weighted by Gasteiger charge is 2.32. The van der Waals surface area contributed by atoms with Gasteiger partial charge in [-0.3, -0.25) is 19.2 Å². The van der Waals surface area contributed by atoms with Gasteiger partial charge in [0.15, 0.2) is 6.61 Å². The van der Waals surface area contributed by atoms with Gasteiger partial charge in [-0.25, -0.2) is 8.42 Å². The fourth-order valence-electron chi connectivity index (χ4n) is 4.06.